The van der Waals surface area contributed by atoms with Gasteiger partial charge in [0.2, 0.25) is 5.91 Å². The van der Waals surface area contributed by atoms with Crippen LogP contribution in [-0.4, -0.2) is 102 Å². The van der Waals surface area contributed by atoms with Crippen molar-refractivity contribution in [2.45, 2.75) is 78.6 Å². The molecule has 2 aromatic heterocycles. The number of nitrogens with one attached hydrogen (secondary N) is 1. The van der Waals surface area contributed by atoms with Crippen LogP contribution in [0.1, 0.15) is 70.7 Å². The Labute approximate surface area is 251 Å². The Morgan fingerprint density at radius 3 is 2.43 bits per heavy atom. The minimum absolute atomic E-state index is 0.0670. The van der Waals surface area contributed by atoms with E-state index in [1.807, 2.05) is 31.0 Å². The van der Waals surface area contributed by atoms with E-state index in [1.54, 1.807) is 0 Å². The Morgan fingerprint density at radius 1 is 1.02 bits per heavy atom. The minimum Gasteiger partial charge on any atom is -0.379 e. The van der Waals surface area contributed by atoms with E-state index in [0.29, 0.717) is 57.8 Å². The molecule has 234 valence electrons. The van der Waals surface area contributed by atoms with E-state index in [0.717, 1.165) is 44.7 Å². The van der Waals surface area contributed by atoms with Crippen molar-refractivity contribution in [3.8, 4) is 0 Å². The third kappa shape index (κ3) is 7.96. The van der Waals surface area contributed by atoms with Gasteiger partial charge in [-0.2, -0.15) is 0 Å². The smallest absolute Gasteiger partial charge is 0.224 e. The summed E-state index contributed by atoms with van der Waals surface area (Å²) in [7, 11) is 4.30. The third-order valence-electron chi connectivity index (χ3n) is 8.80. The lowest BCUT2D eigenvalue weighted by molar-refractivity contribution is -0.132. The molecule has 0 saturated carbocycles. The number of carbonyl (C=O) groups is 2. The lowest BCUT2D eigenvalue weighted by Crippen LogP contribution is -2.46. The fourth-order valence-corrected chi connectivity index (χ4v) is 6.30. The molecular weight excluding hydrogens is 532 g/mol. The highest BCUT2D eigenvalue weighted by atomic mass is 16.5. The zero-order chi connectivity index (χ0) is 30.2. The van der Waals surface area contributed by atoms with Gasteiger partial charge in [0, 0.05) is 87.9 Å². The van der Waals surface area contributed by atoms with Gasteiger partial charge < -0.3 is 24.3 Å². The largest absolute Gasteiger partial charge is 0.379 e. The van der Waals surface area contributed by atoms with Crippen LogP contribution in [0.3, 0.4) is 0 Å². The van der Waals surface area contributed by atoms with Gasteiger partial charge in [-0.05, 0) is 30.9 Å². The molecule has 1 fully saturated rings. The van der Waals surface area contributed by atoms with Crippen LogP contribution in [0.2, 0.25) is 0 Å². The highest BCUT2D eigenvalue weighted by molar-refractivity contribution is 5.83. The van der Waals surface area contributed by atoms with Gasteiger partial charge in [0.05, 0.1) is 39.0 Å². The molecule has 0 aromatic carbocycles. The summed E-state index contributed by atoms with van der Waals surface area (Å²) in [5, 5.41) is 9.40. The van der Waals surface area contributed by atoms with Crippen molar-refractivity contribution in [2.24, 2.45) is 11.8 Å². The van der Waals surface area contributed by atoms with Crippen LogP contribution in [0, 0.1) is 11.8 Å². The predicted molar refractivity (Wildman–Crippen MR) is 165 cm³/mol. The number of likely N-dealkylation sites (tertiary alicyclic amines) is 1. The van der Waals surface area contributed by atoms with Gasteiger partial charge in [0.25, 0.3) is 0 Å². The molecule has 2 aliphatic rings. The second-order valence-electron chi connectivity index (χ2n) is 12.4. The number of hydrogen-bond acceptors (Lipinski definition) is 8. The number of amides is 1. The topological polar surface area (TPSA) is 92.2 Å². The van der Waals surface area contributed by atoms with Crippen LogP contribution in [0.4, 0.5) is 0 Å². The maximum absolute atomic E-state index is 13.3. The highest BCUT2D eigenvalue weighted by Gasteiger charge is 2.36. The fourth-order valence-electron chi connectivity index (χ4n) is 6.30. The summed E-state index contributed by atoms with van der Waals surface area (Å²) in [4.78, 5) is 31.7. The van der Waals surface area contributed by atoms with E-state index in [-0.39, 0.29) is 23.7 Å². The Balaban J connectivity index is 1.19. The number of hydrogen-bond donors (Lipinski definition) is 1. The normalized spacial score (nSPS) is 18.9. The zero-order valence-corrected chi connectivity index (χ0v) is 26.6. The van der Waals surface area contributed by atoms with Gasteiger partial charge in [-0.25, -0.2) is 15.0 Å². The molecule has 10 heteroatoms. The SMILES string of the molecule is CC(C)C(=O)CCOCCOCCNC1CCN(C(=O)CCn2c3c(c4cccnc42)C(C(C)C)N(C)N(C)C3)CC1. The lowest BCUT2D eigenvalue weighted by atomic mass is 9.92. The summed E-state index contributed by atoms with van der Waals surface area (Å²) in [6.07, 6.45) is 4.72. The standard InChI is InChI=1S/C32H52N6O4/c1-23(2)28(39)12-18-41-20-21-42-19-14-33-25-9-15-37(16-10-25)29(40)11-17-38-27-22-35(5)36(6)31(24(3)4)30(27)26-8-7-13-34-32(26)38/h7-8,13,23-25,31,33H,9-12,14-22H2,1-6H3. The highest BCUT2D eigenvalue weighted by Crippen LogP contribution is 2.41. The van der Waals surface area contributed by atoms with E-state index in [2.05, 4.69) is 53.9 Å². The van der Waals surface area contributed by atoms with Crippen molar-refractivity contribution in [1.29, 1.82) is 0 Å². The molecular formula is C32H52N6O4. The van der Waals surface area contributed by atoms with Crippen LogP contribution >= 0.6 is 0 Å². The summed E-state index contributed by atoms with van der Waals surface area (Å²) in [6, 6.07) is 4.88. The first-order chi connectivity index (χ1) is 20.2. The summed E-state index contributed by atoms with van der Waals surface area (Å²) < 4.78 is 13.4. The second kappa shape index (κ2) is 15.4. The maximum Gasteiger partial charge on any atom is 0.224 e. The number of nitrogens with zero attached hydrogens (tertiary/aromatic N) is 5. The summed E-state index contributed by atoms with van der Waals surface area (Å²) in [5.41, 5.74) is 3.64. The maximum atomic E-state index is 13.3. The van der Waals surface area contributed by atoms with Crippen LogP contribution in [0.25, 0.3) is 11.0 Å². The number of ether oxygens (including phenoxy) is 2. The molecule has 42 heavy (non-hydrogen) atoms. The number of piperidine rings is 1. The average Bonchev–Trinajstić information content (AvgIpc) is 3.27. The Hall–Kier alpha value is -2.37. The fraction of sp³-hybridized carbons (Fsp3) is 0.719. The molecule has 0 bridgehead atoms. The van der Waals surface area contributed by atoms with Gasteiger partial charge in [0.1, 0.15) is 11.4 Å². The molecule has 0 spiro atoms. The van der Waals surface area contributed by atoms with Gasteiger partial charge in [-0.1, -0.05) is 27.7 Å². The summed E-state index contributed by atoms with van der Waals surface area (Å²) in [6.45, 7) is 14.3. The van der Waals surface area contributed by atoms with Crippen molar-refractivity contribution in [3.05, 3.63) is 29.6 Å². The summed E-state index contributed by atoms with van der Waals surface area (Å²) >= 11 is 0. The average molecular weight is 585 g/mol. The number of rotatable bonds is 15. The molecule has 2 aliphatic heterocycles. The molecule has 1 unspecified atom stereocenters. The van der Waals surface area contributed by atoms with Gasteiger partial charge in [-0.3, -0.25) is 9.59 Å². The third-order valence-corrected chi connectivity index (χ3v) is 8.80. The molecule has 1 saturated heterocycles. The quantitative estimate of drug-likeness (QED) is 0.317. The number of hydrazine groups is 1. The number of aromatic nitrogens is 2. The Kier molecular flexibility index (Phi) is 11.9. The Morgan fingerprint density at radius 2 is 1.74 bits per heavy atom. The Bertz CT molecular complexity index is 1170. The molecule has 4 heterocycles. The van der Waals surface area contributed by atoms with E-state index in [1.165, 1.54) is 16.6 Å². The second-order valence-corrected chi connectivity index (χ2v) is 12.4. The molecule has 1 N–H and O–H groups in total. The summed E-state index contributed by atoms with van der Waals surface area (Å²) in [5.74, 6) is 0.974. The molecule has 2 aromatic rings. The van der Waals surface area contributed by atoms with Crippen LogP contribution in [0.5, 0.6) is 0 Å². The van der Waals surface area contributed by atoms with Crippen LogP contribution in [0.15, 0.2) is 18.3 Å². The molecule has 4 rings (SSSR count). The number of Topliss-reactive ketones (excluding diaryl/α,β-unsaturated/α-hetero) is 1. The number of carbonyl (C=O) groups excluding carboxylic acids is 2. The van der Waals surface area contributed by atoms with Crippen molar-refractivity contribution in [3.63, 3.8) is 0 Å². The molecule has 1 amide bonds. The number of ketones is 1. The predicted octanol–water partition coefficient (Wildman–Crippen LogP) is 3.64. The molecule has 1 atom stereocenters. The minimum atomic E-state index is 0.0670. The number of fused-ring (bicyclic) bond motifs is 3. The zero-order valence-electron chi connectivity index (χ0n) is 26.6. The van der Waals surface area contributed by atoms with Gasteiger partial charge in [-0.15, -0.1) is 0 Å². The van der Waals surface area contributed by atoms with E-state index in [9.17, 15) is 9.59 Å². The van der Waals surface area contributed by atoms with Crippen molar-refractivity contribution in [1.82, 2.24) is 29.8 Å². The number of pyridine rings is 1. The van der Waals surface area contributed by atoms with Crippen molar-refractivity contribution in [2.75, 3.05) is 60.2 Å². The van der Waals surface area contributed by atoms with Crippen molar-refractivity contribution < 1.29 is 19.1 Å². The van der Waals surface area contributed by atoms with E-state index in [4.69, 9.17) is 14.5 Å². The van der Waals surface area contributed by atoms with Crippen LogP contribution < -0.4 is 5.32 Å². The lowest BCUT2D eigenvalue weighted by Gasteiger charge is -2.42. The number of aryl methyl sites for hydroxylation is 1. The van der Waals surface area contributed by atoms with Crippen molar-refractivity contribution >= 4 is 22.7 Å². The van der Waals surface area contributed by atoms with Crippen LogP contribution in [-0.2, 0) is 32.2 Å². The van der Waals surface area contributed by atoms with Gasteiger partial charge in [0.15, 0.2) is 0 Å². The molecule has 0 radical (unpaired) electrons. The molecule has 0 aliphatic carbocycles. The molecule has 10 nitrogen and oxygen atoms in total. The first-order valence-corrected chi connectivity index (χ1v) is 15.8. The van der Waals surface area contributed by atoms with Gasteiger partial charge >= 0.3 is 0 Å². The van der Waals surface area contributed by atoms with E-state index < -0.39 is 0 Å². The first-order valence-electron chi connectivity index (χ1n) is 15.8. The first kappa shape index (κ1) is 32.5. The monoisotopic (exact) mass is 584 g/mol. The van der Waals surface area contributed by atoms with E-state index >= 15 is 0 Å².